The van der Waals surface area contributed by atoms with Crippen LogP contribution in [0, 0.1) is 28.4 Å². The number of carboxylic acid groups (broad SMARTS) is 2. The van der Waals surface area contributed by atoms with Gasteiger partial charge in [-0.15, -0.1) is 0 Å². The lowest BCUT2D eigenvalue weighted by Crippen LogP contribution is -2.41. The van der Waals surface area contributed by atoms with Crippen molar-refractivity contribution < 1.29 is 24.7 Å². The van der Waals surface area contributed by atoms with E-state index in [9.17, 15) is 19.7 Å². The van der Waals surface area contributed by atoms with Gasteiger partial charge in [-0.05, 0) is 26.0 Å². The second kappa shape index (κ2) is 4.97. The summed E-state index contributed by atoms with van der Waals surface area (Å²) < 4.78 is 0. The SMILES string of the molecule is Cc1c(C#N)ccc(C(C)(C(=O)O)C(=O)O)c1[N+](=O)[O-]. The molecule has 0 saturated carbocycles. The molecule has 1 aromatic carbocycles. The fraction of sp³-hybridized carbons (Fsp3) is 0.250. The van der Waals surface area contributed by atoms with Crippen LogP contribution in [0.5, 0.6) is 0 Å². The predicted molar refractivity (Wildman–Crippen MR) is 65.2 cm³/mol. The quantitative estimate of drug-likeness (QED) is 0.478. The third-order valence-electron chi connectivity index (χ3n) is 3.13. The van der Waals surface area contributed by atoms with Gasteiger partial charge >= 0.3 is 11.9 Å². The van der Waals surface area contributed by atoms with Gasteiger partial charge < -0.3 is 10.2 Å². The van der Waals surface area contributed by atoms with Crippen LogP contribution in [0.4, 0.5) is 5.69 Å². The summed E-state index contributed by atoms with van der Waals surface area (Å²) in [5.74, 6) is -3.45. The number of nitrogens with zero attached hydrogens (tertiary/aromatic N) is 2. The highest BCUT2D eigenvalue weighted by molar-refractivity contribution is 6.05. The maximum absolute atomic E-state index is 11.2. The van der Waals surface area contributed by atoms with Gasteiger partial charge in [0, 0.05) is 5.56 Å². The number of hydrogen-bond acceptors (Lipinski definition) is 5. The van der Waals surface area contributed by atoms with E-state index in [1.165, 1.54) is 13.0 Å². The molecule has 0 heterocycles. The van der Waals surface area contributed by atoms with E-state index in [2.05, 4.69) is 0 Å². The van der Waals surface area contributed by atoms with Gasteiger partial charge in [0.1, 0.15) is 0 Å². The number of nitro groups is 1. The normalized spacial score (nSPS) is 10.7. The Morgan fingerprint density at radius 2 is 1.85 bits per heavy atom. The van der Waals surface area contributed by atoms with Crippen molar-refractivity contribution in [1.29, 1.82) is 5.26 Å². The van der Waals surface area contributed by atoms with E-state index < -0.39 is 33.5 Å². The summed E-state index contributed by atoms with van der Waals surface area (Å²) in [7, 11) is 0. The van der Waals surface area contributed by atoms with E-state index in [4.69, 9.17) is 15.5 Å². The van der Waals surface area contributed by atoms with Crippen LogP contribution in [0.1, 0.15) is 23.6 Å². The summed E-state index contributed by atoms with van der Waals surface area (Å²) >= 11 is 0. The summed E-state index contributed by atoms with van der Waals surface area (Å²) in [6.07, 6.45) is 0. The van der Waals surface area contributed by atoms with Crippen molar-refractivity contribution in [3.05, 3.63) is 38.9 Å². The highest BCUT2D eigenvalue weighted by atomic mass is 16.6. The molecule has 0 fully saturated rings. The number of rotatable bonds is 4. The topological polar surface area (TPSA) is 142 Å². The largest absolute Gasteiger partial charge is 0.480 e. The minimum Gasteiger partial charge on any atom is -0.480 e. The van der Waals surface area contributed by atoms with Crippen LogP contribution in [0.15, 0.2) is 12.1 Å². The Bertz CT molecular complexity index is 645. The fourth-order valence-corrected chi connectivity index (χ4v) is 1.78. The average Bonchev–Trinajstić information content (AvgIpc) is 2.36. The Kier molecular flexibility index (Phi) is 3.75. The zero-order chi connectivity index (χ0) is 15.7. The molecule has 8 heteroatoms. The second-order valence-electron chi connectivity index (χ2n) is 4.24. The molecule has 0 aliphatic heterocycles. The van der Waals surface area contributed by atoms with Crippen molar-refractivity contribution in [2.24, 2.45) is 0 Å². The molecule has 1 rings (SSSR count). The molecule has 2 N–H and O–H groups in total. The number of aliphatic carboxylic acids is 2. The zero-order valence-corrected chi connectivity index (χ0v) is 10.6. The molecule has 20 heavy (non-hydrogen) atoms. The fourth-order valence-electron chi connectivity index (χ4n) is 1.78. The number of nitro benzene ring substituents is 1. The van der Waals surface area contributed by atoms with Crippen LogP contribution in [0.3, 0.4) is 0 Å². The van der Waals surface area contributed by atoms with Crippen LogP contribution in [0.25, 0.3) is 0 Å². The minimum absolute atomic E-state index is 0.0152. The summed E-state index contributed by atoms with van der Waals surface area (Å²) in [6.45, 7) is 2.13. The molecule has 0 radical (unpaired) electrons. The smallest absolute Gasteiger partial charge is 0.325 e. The minimum atomic E-state index is -2.47. The Hall–Kier alpha value is -2.95. The second-order valence-corrected chi connectivity index (χ2v) is 4.24. The van der Waals surface area contributed by atoms with Crippen LogP contribution >= 0.6 is 0 Å². The van der Waals surface area contributed by atoms with Gasteiger partial charge in [0.05, 0.1) is 22.1 Å². The molecule has 0 atom stereocenters. The van der Waals surface area contributed by atoms with Gasteiger partial charge in [-0.2, -0.15) is 5.26 Å². The van der Waals surface area contributed by atoms with Crippen molar-refractivity contribution >= 4 is 17.6 Å². The van der Waals surface area contributed by atoms with E-state index in [-0.39, 0.29) is 11.1 Å². The van der Waals surface area contributed by atoms with Crippen LogP contribution < -0.4 is 0 Å². The number of hydrogen-bond donors (Lipinski definition) is 2. The molecule has 0 bridgehead atoms. The van der Waals surface area contributed by atoms with Crippen LogP contribution in [-0.4, -0.2) is 27.1 Å². The molecule has 0 spiro atoms. The molecule has 104 valence electrons. The van der Waals surface area contributed by atoms with Crippen molar-refractivity contribution in [3.8, 4) is 6.07 Å². The van der Waals surface area contributed by atoms with Gasteiger partial charge in [0.2, 0.25) is 0 Å². The van der Waals surface area contributed by atoms with E-state index in [1.807, 2.05) is 0 Å². The molecule has 0 saturated heterocycles. The molecule has 0 aromatic heterocycles. The van der Waals surface area contributed by atoms with Crippen LogP contribution in [0.2, 0.25) is 0 Å². The lowest BCUT2D eigenvalue weighted by atomic mass is 9.80. The predicted octanol–water partition coefficient (Wildman–Crippen LogP) is 1.20. The first-order valence-corrected chi connectivity index (χ1v) is 5.33. The van der Waals surface area contributed by atoms with E-state index >= 15 is 0 Å². The summed E-state index contributed by atoms with van der Waals surface area (Å²) in [5.41, 5.74) is -3.70. The first kappa shape index (κ1) is 15.1. The molecule has 0 aliphatic rings. The lowest BCUT2D eigenvalue weighted by molar-refractivity contribution is -0.386. The molecule has 0 amide bonds. The average molecular weight is 278 g/mol. The number of nitriles is 1. The highest BCUT2D eigenvalue weighted by Gasteiger charge is 2.48. The summed E-state index contributed by atoms with van der Waals surface area (Å²) in [5, 5.41) is 38.2. The Morgan fingerprint density at radius 1 is 1.35 bits per heavy atom. The molecular formula is C12H10N2O6. The number of carboxylic acids is 2. The monoisotopic (exact) mass is 278 g/mol. The van der Waals surface area contributed by atoms with E-state index in [0.717, 1.165) is 13.0 Å². The lowest BCUT2D eigenvalue weighted by Gasteiger charge is -2.20. The number of benzene rings is 1. The summed E-state index contributed by atoms with van der Waals surface area (Å²) in [6, 6.07) is 3.89. The molecule has 1 aromatic rings. The molecule has 0 aliphatic carbocycles. The number of carbonyl (C=O) groups is 2. The Balaban J connectivity index is 3.83. The van der Waals surface area contributed by atoms with Crippen molar-refractivity contribution in [3.63, 3.8) is 0 Å². The maximum Gasteiger partial charge on any atom is 0.325 e. The first-order chi connectivity index (χ1) is 9.17. The Morgan fingerprint density at radius 3 is 2.20 bits per heavy atom. The van der Waals surface area contributed by atoms with E-state index in [0.29, 0.717) is 0 Å². The van der Waals surface area contributed by atoms with E-state index in [1.54, 1.807) is 6.07 Å². The zero-order valence-electron chi connectivity index (χ0n) is 10.6. The van der Waals surface area contributed by atoms with Gasteiger partial charge in [-0.1, -0.05) is 0 Å². The Labute approximate surface area is 113 Å². The maximum atomic E-state index is 11.2. The first-order valence-electron chi connectivity index (χ1n) is 5.33. The van der Waals surface area contributed by atoms with Crippen molar-refractivity contribution in [2.45, 2.75) is 19.3 Å². The van der Waals surface area contributed by atoms with Crippen LogP contribution in [-0.2, 0) is 15.0 Å². The van der Waals surface area contributed by atoms with Gasteiger partial charge in [0.25, 0.3) is 5.69 Å². The van der Waals surface area contributed by atoms with Crippen molar-refractivity contribution in [1.82, 2.24) is 0 Å². The van der Waals surface area contributed by atoms with Gasteiger partial charge in [0.15, 0.2) is 5.41 Å². The van der Waals surface area contributed by atoms with Gasteiger partial charge in [-0.25, -0.2) is 0 Å². The molecular weight excluding hydrogens is 268 g/mol. The molecule has 0 unspecified atom stereocenters. The standard InChI is InChI=1S/C12H10N2O6/c1-6-7(5-13)3-4-8(9(6)14(19)20)12(2,10(15)16)11(17)18/h3-4H,1-2H3,(H,15,16)(H,17,18). The summed E-state index contributed by atoms with van der Waals surface area (Å²) in [4.78, 5) is 32.7. The third kappa shape index (κ3) is 2.05. The van der Waals surface area contributed by atoms with Gasteiger partial charge in [-0.3, -0.25) is 19.7 Å². The highest BCUT2D eigenvalue weighted by Crippen LogP contribution is 2.36. The van der Waals surface area contributed by atoms with Crippen molar-refractivity contribution in [2.75, 3.05) is 0 Å². The molecule has 8 nitrogen and oxygen atoms in total. The third-order valence-corrected chi connectivity index (χ3v) is 3.13.